The van der Waals surface area contributed by atoms with Crippen molar-refractivity contribution in [1.82, 2.24) is 5.32 Å². The van der Waals surface area contributed by atoms with Crippen LogP contribution in [0.5, 0.6) is 0 Å². The lowest BCUT2D eigenvalue weighted by molar-refractivity contribution is -0.156. The van der Waals surface area contributed by atoms with Crippen LogP contribution >= 0.6 is 0 Å². The maximum atomic E-state index is 12.0. The van der Waals surface area contributed by atoms with Gasteiger partial charge in [-0.25, -0.2) is 4.79 Å². The van der Waals surface area contributed by atoms with Gasteiger partial charge in [0.1, 0.15) is 11.6 Å². The van der Waals surface area contributed by atoms with E-state index in [0.717, 1.165) is 0 Å². The highest BCUT2D eigenvalue weighted by Gasteiger charge is 2.23. The Kier molecular flexibility index (Phi) is 4.87. The highest BCUT2D eigenvalue weighted by Crippen LogP contribution is 2.09. The number of ether oxygens (including phenoxy) is 1. The highest BCUT2D eigenvalue weighted by molar-refractivity contribution is 5.97. The second-order valence-electron chi connectivity index (χ2n) is 5.42. The Morgan fingerprint density at radius 2 is 2.00 bits per heavy atom. The summed E-state index contributed by atoms with van der Waals surface area (Å²) in [6.45, 7) is 6.83. The van der Waals surface area contributed by atoms with Gasteiger partial charge in [-0.2, -0.15) is 5.26 Å². The molecule has 5 heteroatoms. The van der Waals surface area contributed by atoms with Gasteiger partial charge in [0, 0.05) is 5.56 Å². The number of hydrogen-bond acceptors (Lipinski definition) is 4. The normalized spacial score (nSPS) is 12.2. The predicted molar refractivity (Wildman–Crippen MR) is 73.9 cm³/mol. The number of benzene rings is 1. The van der Waals surface area contributed by atoms with E-state index in [1.165, 1.54) is 6.07 Å². The first-order valence-electron chi connectivity index (χ1n) is 6.27. The number of esters is 1. The summed E-state index contributed by atoms with van der Waals surface area (Å²) in [5.41, 5.74) is 0.124. The van der Waals surface area contributed by atoms with Gasteiger partial charge in [-0.05, 0) is 45.9 Å². The summed E-state index contributed by atoms with van der Waals surface area (Å²) in [5, 5.41) is 11.3. The van der Waals surface area contributed by atoms with Crippen molar-refractivity contribution in [3.8, 4) is 6.07 Å². The molecule has 1 rings (SSSR count). The molecule has 0 saturated carbocycles. The van der Waals surface area contributed by atoms with Crippen LogP contribution in [0.3, 0.4) is 0 Å². The molecule has 0 radical (unpaired) electrons. The third kappa shape index (κ3) is 4.73. The Labute approximate surface area is 118 Å². The smallest absolute Gasteiger partial charge is 0.328 e. The lowest BCUT2D eigenvalue weighted by Crippen LogP contribution is -2.42. The molecule has 106 valence electrons. The second kappa shape index (κ2) is 6.20. The third-order valence-electron chi connectivity index (χ3n) is 2.36. The summed E-state index contributed by atoms with van der Waals surface area (Å²) in [5.74, 6) is -0.914. The van der Waals surface area contributed by atoms with Crippen LogP contribution in [0.25, 0.3) is 0 Å². The fourth-order valence-electron chi connectivity index (χ4n) is 1.46. The van der Waals surface area contributed by atoms with Crippen molar-refractivity contribution in [2.24, 2.45) is 0 Å². The van der Waals surface area contributed by atoms with Gasteiger partial charge >= 0.3 is 5.97 Å². The first-order valence-corrected chi connectivity index (χ1v) is 6.27. The maximum absolute atomic E-state index is 12.0. The highest BCUT2D eigenvalue weighted by atomic mass is 16.6. The quantitative estimate of drug-likeness (QED) is 0.855. The fraction of sp³-hybridized carbons (Fsp3) is 0.400. The molecule has 0 aliphatic rings. The van der Waals surface area contributed by atoms with Crippen LogP contribution in [0.2, 0.25) is 0 Å². The zero-order valence-corrected chi connectivity index (χ0v) is 12.1. The zero-order valence-electron chi connectivity index (χ0n) is 12.1. The van der Waals surface area contributed by atoms with Crippen LogP contribution in [-0.4, -0.2) is 23.5 Å². The summed E-state index contributed by atoms with van der Waals surface area (Å²) in [4.78, 5) is 23.7. The average Bonchev–Trinajstić information content (AvgIpc) is 2.36. The van der Waals surface area contributed by atoms with E-state index in [-0.39, 0.29) is 0 Å². The second-order valence-corrected chi connectivity index (χ2v) is 5.42. The molecule has 0 aliphatic heterocycles. The van der Waals surface area contributed by atoms with E-state index in [1.54, 1.807) is 45.9 Å². The number of carbonyl (C=O) groups is 2. The minimum atomic E-state index is -0.757. The van der Waals surface area contributed by atoms with E-state index in [1.807, 2.05) is 6.07 Å². The molecule has 0 saturated heterocycles. The van der Waals surface area contributed by atoms with Gasteiger partial charge < -0.3 is 10.1 Å². The molecule has 1 amide bonds. The molecule has 20 heavy (non-hydrogen) atoms. The molecule has 0 heterocycles. The summed E-state index contributed by atoms with van der Waals surface area (Å²) < 4.78 is 5.18. The molecule has 0 aliphatic carbocycles. The Balaban J connectivity index is 2.70. The van der Waals surface area contributed by atoms with Crippen LogP contribution in [-0.2, 0) is 9.53 Å². The number of amides is 1. The summed E-state index contributed by atoms with van der Waals surface area (Å²) in [6, 6.07) is 7.47. The van der Waals surface area contributed by atoms with E-state index in [0.29, 0.717) is 11.1 Å². The van der Waals surface area contributed by atoms with Crippen molar-refractivity contribution in [3.05, 3.63) is 35.4 Å². The number of nitrogens with one attached hydrogen (secondary N) is 1. The molecule has 0 fully saturated rings. The molecule has 1 atom stereocenters. The Hall–Kier alpha value is -2.35. The van der Waals surface area contributed by atoms with Gasteiger partial charge in [0.05, 0.1) is 11.6 Å². The fourth-order valence-corrected chi connectivity index (χ4v) is 1.46. The van der Waals surface area contributed by atoms with Gasteiger partial charge in [-0.15, -0.1) is 0 Å². The SMILES string of the molecule is C[C@H](NC(=O)c1cccc(C#N)c1)C(=O)OC(C)(C)C. The number of nitriles is 1. The van der Waals surface area contributed by atoms with E-state index < -0.39 is 23.5 Å². The molecular formula is C15H18N2O3. The lowest BCUT2D eigenvalue weighted by Gasteiger charge is -2.22. The minimum Gasteiger partial charge on any atom is -0.458 e. The monoisotopic (exact) mass is 274 g/mol. The Bertz CT molecular complexity index is 553. The van der Waals surface area contributed by atoms with Crippen molar-refractivity contribution in [2.75, 3.05) is 0 Å². The number of hydrogen-bond donors (Lipinski definition) is 1. The molecular weight excluding hydrogens is 256 g/mol. The van der Waals surface area contributed by atoms with Crippen molar-refractivity contribution < 1.29 is 14.3 Å². The summed E-state index contributed by atoms with van der Waals surface area (Å²) in [7, 11) is 0. The summed E-state index contributed by atoms with van der Waals surface area (Å²) >= 11 is 0. The maximum Gasteiger partial charge on any atom is 0.328 e. The van der Waals surface area contributed by atoms with Crippen LogP contribution in [0.1, 0.15) is 43.6 Å². The third-order valence-corrected chi connectivity index (χ3v) is 2.36. The van der Waals surface area contributed by atoms with Crippen LogP contribution < -0.4 is 5.32 Å². The van der Waals surface area contributed by atoms with Gasteiger partial charge in [-0.3, -0.25) is 4.79 Å². The van der Waals surface area contributed by atoms with E-state index in [9.17, 15) is 9.59 Å². The van der Waals surface area contributed by atoms with Gasteiger partial charge in [0.2, 0.25) is 0 Å². The molecule has 1 aromatic rings. The Morgan fingerprint density at radius 1 is 1.35 bits per heavy atom. The molecule has 5 nitrogen and oxygen atoms in total. The van der Waals surface area contributed by atoms with Crippen LogP contribution in [0.15, 0.2) is 24.3 Å². The molecule has 0 aromatic heterocycles. The molecule has 0 spiro atoms. The predicted octanol–water partition coefficient (Wildman–Crippen LogP) is 2.02. The molecule has 1 N–H and O–H groups in total. The van der Waals surface area contributed by atoms with Crippen molar-refractivity contribution in [1.29, 1.82) is 5.26 Å². The van der Waals surface area contributed by atoms with Crippen LogP contribution in [0, 0.1) is 11.3 Å². The van der Waals surface area contributed by atoms with Crippen molar-refractivity contribution in [3.63, 3.8) is 0 Å². The average molecular weight is 274 g/mol. The number of rotatable bonds is 3. The first kappa shape index (κ1) is 15.7. The van der Waals surface area contributed by atoms with Gasteiger partial charge in [-0.1, -0.05) is 6.07 Å². The topological polar surface area (TPSA) is 79.2 Å². The minimum absolute atomic E-state index is 0.333. The van der Waals surface area contributed by atoms with E-state index in [4.69, 9.17) is 10.00 Å². The van der Waals surface area contributed by atoms with Gasteiger partial charge in [0.25, 0.3) is 5.91 Å². The largest absolute Gasteiger partial charge is 0.458 e. The standard InChI is InChI=1S/C15H18N2O3/c1-10(14(19)20-15(2,3)4)17-13(18)12-7-5-6-11(8-12)9-16/h5-8,10H,1-4H3,(H,17,18)/t10-/m0/s1. The van der Waals surface area contributed by atoms with Crippen molar-refractivity contribution in [2.45, 2.75) is 39.3 Å². The Morgan fingerprint density at radius 3 is 2.55 bits per heavy atom. The molecule has 1 aromatic carbocycles. The number of carbonyl (C=O) groups excluding carboxylic acids is 2. The van der Waals surface area contributed by atoms with Crippen LogP contribution in [0.4, 0.5) is 0 Å². The van der Waals surface area contributed by atoms with Gasteiger partial charge in [0.15, 0.2) is 0 Å². The van der Waals surface area contributed by atoms with E-state index in [2.05, 4.69) is 5.32 Å². The zero-order chi connectivity index (χ0) is 15.3. The molecule has 0 bridgehead atoms. The number of nitrogens with zero attached hydrogens (tertiary/aromatic N) is 1. The first-order chi connectivity index (χ1) is 9.23. The molecule has 0 unspecified atom stereocenters. The van der Waals surface area contributed by atoms with E-state index >= 15 is 0 Å². The summed E-state index contributed by atoms with van der Waals surface area (Å²) in [6.07, 6.45) is 0. The lowest BCUT2D eigenvalue weighted by atomic mass is 10.1. The van der Waals surface area contributed by atoms with Crippen molar-refractivity contribution >= 4 is 11.9 Å².